The second-order valence-corrected chi connectivity index (χ2v) is 9.75. The van der Waals surface area contributed by atoms with Gasteiger partial charge < -0.3 is 14.8 Å². The number of sulfonamides is 1. The highest BCUT2D eigenvalue weighted by Crippen LogP contribution is 2.22. The maximum absolute atomic E-state index is 12.4. The van der Waals surface area contributed by atoms with Crippen LogP contribution in [0.5, 0.6) is 11.5 Å². The lowest BCUT2D eigenvalue weighted by molar-refractivity contribution is -0.119. The molecule has 0 fully saturated rings. The number of hydrogen-bond donors (Lipinski definition) is 1. The van der Waals surface area contributed by atoms with E-state index < -0.39 is 10.0 Å². The molecule has 34 heavy (non-hydrogen) atoms. The van der Waals surface area contributed by atoms with Crippen LogP contribution in [0.15, 0.2) is 78.9 Å². The van der Waals surface area contributed by atoms with Crippen LogP contribution in [0.1, 0.15) is 17.5 Å². The van der Waals surface area contributed by atoms with Crippen molar-refractivity contribution in [2.45, 2.75) is 19.4 Å². The maximum Gasteiger partial charge on any atom is 0.240 e. The Morgan fingerprint density at radius 1 is 0.912 bits per heavy atom. The molecule has 0 aliphatic heterocycles. The van der Waals surface area contributed by atoms with Crippen molar-refractivity contribution in [2.75, 3.05) is 30.8 Å². The number of benzene rings is 3. The molecule has 180 valence electrons. The Bertz CT molecular complexity index is 1170. The smallest absolute Gasteiger partial charge is 0.240 e. The van der Waals surface area contributed by atoms with Crippen molar-refractivity contribution in [3.63, 3.8) is 0 Å². The van der Waals surface area contributed by atoms with E-state index in [-0.39, 0.29) is 12.5 Å². The Hall–Kier alpha value is -3.52. The quantitative estimate of drug-likeness (QED) is 0.397. The molecule has 0 aliphatic rings. The normalized spacial score (nSPS) is 11.0. The number of nitrogens with zero attached hydrogens (tertiary/aromatic N) is 1. The molecule has 3 aromatic rings. The fourth-order valence-electron chi connectivity index (χ4n) is 3.38. The first kappa shape index (κ1) is 25.1. The lowest BCUT2D eigenvalue weighted by Crippen LogP contribution is -2.40. The molecule has 0 saturated carbocycles. The summed E-state index contributed by atoms with van der Waals surface area (Å²) in [6, 6.07) is 24.2. The Labute approximate surface area is 201 Å². The van der Waals surface area contributed by atoms with Crippen LogP contribution in [0, 0.1) is 0 Å². The Kier molecular flexibility index (Phi) is 8.93. The average Bonchev–Trinajstić information content (AvgIpc) is 2.84. The van der Waals surface area contributed by atoms with Gasteiger partial charge in [0, 0.05) is 6.54 Å². The van der Waals surface area contributed by atoms with Crippen LogP contribution in [0.25, 0.3) is 0 Å². The molecule has 0 aliphatic carbocycles. The summed E-state index contributed by atoms with van der Waals surface area (Å²) >= 11 is 0. The van der Waals surface area contributed by atoms with Crippen LogP contribution in [-0.4, -0.2) is 40.8 Å². The fraction of sp³-hybridized carbons (Fsp3) is 0.269. The molecule has 0 spiro atoms. The number of methoxy groups -OCH3 is 1. The number of amides is 1. The SMILES string of the molecule is COc1cccc(CCCNC(=O)CN(c2ccc(OCc3ccccc3)cc2)S(C)(=O)=O)c1. The first-order valence-electron chi connectivity index (χ1n) is 11.0. The van der Waals surface area contributed by atoms with Gasteiger partial charge in [0.15, 0.2) is 0 Å². The van der Waals surface area contributed by atoms with Gasteiger partial charge in [-0.1, -0.05) is 42.5 Å². The second kappa shape index (κ2) is 12.1. The highest BCUT2D eigenvalue weighted by atomic mass is 32.2. The molecule has 1 N–H and O–H groups in total. The van der Waals surface area contributed by atoms with E-state index in [0.717, 1.165) is 40.3 Å². The molecule has 3 aromatic carbocycles. The summed E-state index contributed by atoms with van der Waals surface area (Å²) < 4.78 is 36.7. The lowest BCUT2D eigenvalue weighted by atomic mass is 10.1. The molecular formula is C26H30N2O5S. The van der Waals surface area contributed by atoms with Crippen LogP contribution in [0.4, 0.5) is 5.69 Å². The topological polar surface area (TPSA) is 84.9 Å². The van der Waals surface area contributed by atoms with Gasteiger partial charge in [-0.3, -0.25) is 9.10 Å². The number of hydrogen-bond acceptors (Lipinski definition) is 5. The molecule has 1 amide bonds. The zero-order valence-electron chi connectivity index (χ0n) is 19.4. The number of carbonyl (C=O) groups is 1. The van der Waals surface area contributed by atoms with Gasteiger partial charge in [0.05, 0.1) is 19.1 Å². The molecule has 8 heteroatoms. The van der Waals surface area contributed by atoms with Crippen molar-refractivity contribution in [3.05, 3.63) is 90.0 Å². The van der Waals surface area contributed by atoms with Crippen molar-refractivity contribution < 1.29 is 22.7 Å². The van der Waals surface area contributed by atoms with Gasteiger partial charge in [-0.15, -0.1) is 0 Å². The van der Waals surface area contributed by atoms with E-state index >= 15 is 0 Å². The molecule has 0 unspecified atom stereocenters. The minimum absolute atomic E-state index is 0.289. The third-order valence-corrected chi connectivity index (χ3v) is 6.30. The summed E-state index contributed by atoms with van der Waals surface area (Å²) in [4.78, 5) is 12.4. The Morgan fingerprint density at radius 2 is 1.62 bits per heavy atom. The average molecular weight is 483 g/mol. The van der Waals surface area contributed by atoms with Gasteiger partial charge in [0.2, 0.25) is 15.9 Å². The van der Waals surface area contributed by atoms with Crippen LogP contribution in [0.2, 0.25) is 0 Å². The van der Waals surface area contributed by atoms with E-state index in [4.69, 9.17) is 9.47 Å². The predicted molar refractivity (Wildman–Crippen MR) is 134 cm³/mol. The largest absolute Gasteiger partial charge is 0.497 e. The molecule has 0 heterocycles. The van der Waals surface area contributed by atoms with Gasteiger partial charge in [-0.05, 0) is 60.4 Å². The fourth-order valence-corrected chi connectivity index (χ4v) is 4.24. The number of carbonyl (C=O) groups excluding carboxylic acids is 1. The van der Waals surface area contributed by atoms with Crippen molar-refractivity contribution in [3.8, 4) is 11.5 Å². The second-order valence-electron chi connectivity index (χ2n) is 7.84. The van der Waals surface area contributed by atoms with Gasteiger partial charge in [-0.2, -0.15) is 0 Å². The van der Waals surface area contributed by atoms with Gasteiger partial charge in [0.25, 0.3) is 0 Å². The van der Waals surface area contributed by atoms with E-state index in [0.29, 0.717) is 24.6 Å². The standard InChI is InChI=1S/C26H30N2O5S/c1-32-25-12-6-10-21(18-25)11-7-17-27-26(29)19-28(34(2,30)31)23-13-15-24(16-14-23)33-20-22-8-4-3-5-9-22/h3-6,8-10,12-16,18H,7,11,17,19-20H2,1-2H3,(H,27,29). The number of rotatable bonds is 12. The third kappa shape index (κ3) is 7.81. The Balaban J connectivity index is 1.52. The van der Waals surface area contributed by atoms with Gasteiger partial charge in [0.1, 0.15) is 24.7 Å². The summed E-state index contributed by atoms with van der Waals surface area (Å²) in [7, 11) is -2.02. The molecule has 0 bridgehead atoms. The molecule has 0 aromatic heterocycles. The van der Waals surface area contributed by atoms with E-state index in [2.05, 4.69) is 5.32 Å². The van der Waals surface area contributed by atoms with Crippen molar-refractivity contribution >= 4 is 21.6 Å². The molecule has 0 radical (unpaired) electrons. The first-order chi connectivity index (χ1) is 16.3. The van der Waals surface area contributed by atoms with E-state index in [9.17, 15) is 13.2 Å². The summed E-state index contributed by atoms with van der Waals surface area (Å²) in [5, 5.41) is 2.80. The number of anilines is 1. The first-order valence-corrected chi connectivity index (χ1v) is 12.8. The number of ether oxygens (including phenoxy) is 2. The molecular weight excluding hydrogens is 452 g/mol. The molecule has 0 atom stereocenters. The highest BCUT2D eigenvalue weighted by molar-refractivity contribution is 7.92. The zero-order valence-corrected chi connectivity index (χ0v) is 20.3. The van der Waals surface area contributed by atoms with Gasteiger partial charge >= 0.3 is 0 Å². The minimum Gasteiger partial charge on any atom is -0.497 e. The van der Waals surface area contributed by atoms with E-state index in [1.54, 1.807) is 31.4 Å². The van der Waals surface area contributed by atoms with Crippen LogP contribution in [-0.2, 0) is 27.8 Å². The van der Waals surface area contributed by atoms with Crippen LogP contribution < -0.4 is 19.1 Å². The van der Waals surface area contributed by atoms with Crippen molar-refractivity contribution in [1.29, 1.82) is 0 Å². The van der Waals surface area contributed by atoms with Crippen molar-refractivity contribution in [1.82, 2.24) is 5.32 Å². The highest BCUT2D eigenvalue weighted by Gasteiger charge is 2.20. The third-order valence-electron chi connectivity index (χ3n) is 5.16. The summed E-state index contributed by atoms with van der Waals surface area (Å²) in [5.41, 5.74) is 2.55. The maximum atomic E-state index is 12.4. The van der Waals surface area contributed by atoms with E-state index in [1.165, 1.54) is 0 Å². The molecule has 7 nitrogen and oxygen atoms in total. The summed E-state index contributed by atoms with van der Waals surface area (Å²) in [6.45, 7) is 0.566. The van der Waals surface area contributed by atoms with Gasteiger partial charge in [-0.25, -0.2) is 8.42 Å². The lowest BCUT2D eigenvalue weighted by Gasteiger charge is -2.22. The van der Waals surface area contributed by atoms with Crippen molar-refractivity contribution in [2.24, 2.45) is 0 Å². The molecule has 3 rings (SSSR count). The summed E-state index contributed by atoms with van der Waals surface area (Å²) in [5.74, 6) is 1.05. The summed E-state index contributed by atoms with van der Waals surface area (Å²) in [6.07, 6.45) is 2.59. The Morgan fingerprint density at radius 3 is 2.29 bits per heavy atom. The van der Waals surface area contributed by atoms with E-state index in [1.807, 2.05) is 54.6 Å². The number of aryl methyl sites for hydroxylation is 1. The monoisotopic (exact) mass is 482 g/mol. The number of nitrogens with one attached hydrogen (secondary N) is 1. The predicted octanol–water partition coefficient (Wildman–Crippen LogP) is 3.79. The van der Waals surface area contributed by atoms with Crippen LogP contribution in [0.3, 0.4) is 0 Å². The zero-order chi connectivity index (χ0) is 24.4. The molecule has 0 saturated heterocycles. The minimum atomic E-state index is -3.64. The van der Waals surface area contributed by atoms with Crippen LogP contribution >= 0.6 is 0 Å².